The lowest BCUT2D eigenvalue weighted by Crippen LogP contribution is -2.24. The van der Waals surface area contributed by atoms with Crippen LogP contribution in [-0.4, -0.2) is 17.4 Å². The molecule has 3 nitrogen and oxygen atoms in total. The number of rotatable bonds is 8. The van der Waals surface area contributed by atoms with E-state index >= 15 is 0 Å². The minimum Gasteiger partial charge on any atom is -0.350 e. The molecule has 0 bridgehead atoms. The van der Waals surface area contributed by atoms with E-state index in [1.807, 2.05) is 47.2 Å². The fourth-order valence-electron chi connectivity index (χ4n) is 2.20. The normalized spacial score (nSPS) is 10.6. The van der Waals surface area contributed by atoms with E-state index in [-0.39, 0.29) is 11.7 Å². The molecule has 1 amide bonds. The summed E-state index contributed by atoms with van der Waals surface area (Å²) < 4.78 is 0. The van der Waals surface area contributed by atoms with Crippen molar-refractivity contribution in [2.24, 2.45) is 0 Å². The van der Waals surface area contributed by atoms with E-state index in [4.69, 9.17) is 0 Å². The maximum Gasteiger partial charge on any atom is 0.230 e. The lowest BCUT2D eigenvalue weighted by molar-refractivity contribution is -0.118. The number of thiophene rings is 2. The molecule has 0 radical (unpaired) electrons. The van der Waals surface area contributed by atoms with Crippen LogP contribution in [0.4, 0.5) is 0 Å². The molecule has 0 aliphatic rings. The lowest BCUT2D eigenvalue weighted by Gasteiger charge is -2.04. The van der Waals surface area contributed by atoms with Crippen LogP contribution in [0.15, 0.2) is 59.3 Å². The number of amides is 1. The van der Waals surface area contributed by atoms with E-state index in [9.17, 15) is 9.59 Å². The molecular formula is C19H17NO2S3. The van der Waals surface area contributed by atoms with Gasteiger partial charge in [0, 0.05) is 21.6 Å². The maximum atomic E-state index is 12.3. The summed E-state index contributed by atoms with van der Waals surface area (Å²) in [7, 11) is 0. The lowest BCUT2D eigenvalue weighted by atomic mass is 10.2. The van der Waals surface area contributed by atoms with Gasteiger partial charge in [-0.3, -0.25) is 9.59 Å². The van der Waals surface area contributed by atoms with Crippen molar-refractivity contribution in [2.45, 2.75) is 12.3 Å². The maximum absolute atomic E-state index is 12.3. The first-order chi connectivity index (χ1) is 12.2. The molecule has 0 saturated carbocycles. The zero-order chi connectivity index (χ0) is 17.5. The molecule has 0 atom stereocenters. The number of ketones is 1. The van der Waals surface area contributed by atoms with Crippen molar-refractivity contribution >= 4 is 46.1 Å². The minimum absolute atomic E-state index is 0.0139. The SMILES string of the molecule is O=C(CSCc1ccccc1)NCc1ccc(C(=O)c2ccsc2)s1. The summed E-state index contributed by atoms with van der Waals surface area (Å²) >= 11 is 4.55. The number of benzene rings is 1. The van der Waals surface area contributed by atoms with Gasteiger partial charge in [-0.05, 0) is 29.1 Å². The van der Waals surface area contributed by atoms with Gasteiger partial charge in [-0.25, -0.2) is 0 Å². The third kappa shape index (κ3) is 5.29. The van der Waals surface area contributed by atoms with Gasteiger partial charge in [-0.15, -0.1) is 23.1 Å². The van der Waals surface area contributed by atoms with Crippen molar-refractivity contribution < 1.29 is 9.59 Å². The molecule has 0 aliphatic carbocycles. The third-order valence-corrected chi connectivity index (χ3v) is 6.24. The molecule has 0 spiro atoms. The van der Waals surface area contributed by atoms with E-state index < -0.39 is 0 Å². The van der Waals surface area contributed by atoms with Gasteiger partial charge in [0.2, 0.25) is 11.7 Å². The Bertz CT molecular complexity index is 825. The molecule has 2 aromatic heterocycles. The molecule has 0 fully saturated rings. The molecule has 1 N–H and O–H groups in total. The van der Waals surface area contributed by atoms with Crippen LogP contribution in [0, 0.1) is 0 Å². The summed E-state index contributed by atoms with van der Waals surface area (Å²) in [5, 5.41) is 6.67. The van der Waals surface area contributed by atoms with Crippen molar-refractivity contribution in [1.82, 2.24) is 5.32 Å². The molecule has 0 unspecified atom stereocenters. The largest absolute Gasteiger partial charge is 0.350 e. The molecule has 1 aromatic carbocycles. The highest BCUT2D eigenvalue weighted by atomic mass is 32.2. The molecule has 128 valence electrons. The van der Waals surface area contributed by atoms with E-state index in [1.165, 1.54) is 28.2 Å². The molecule has 3 aromatic rings. The second-order valence-corrected chi connectivity index (χ2v) is 8.30. The van der Waals surface area contributed by atoms with E-state index in [1.54, 1.807) is 11.8 Å². The highest BCUT2D eigenvalue weighted by Gasteiger charge is 2.12. The van der Waals surface area contributed by atoms with Crippen molar-refractivity contribution in [1.29, 1.82) is 0 Å². The molecule has 0 aliphatic heterocycles. The summed E-state index contributed by atoms with van der Waals surface area (Å²) in [5.74, 6) is 1.32. The van der Waals surface area contributed by atoms with Crippen LogP contribution in [0.5, 0.6) is 0 Å². The van der Waals surface area contributed by atoms with Crippen LogP contribution in [-0.2, 0) is 17.1 Å². The van der Waals surface area contributed by atoms with Crippen molar-refractivity contribution in [2.75, 3.05) is 5.75 Å². The summed E-state index contributed by atoms with van der Waals surface area (Å²) in [5.41, 5.74) is 1.94. The summed E-state index contributed by atoms with van der Waals surface area (Å²) in [6, 6.07) is 15.7. The smallest absolute Gasteiger partial charge is 0.230 e. The quantitative estimate of drug-likeness (QED) is 0.575. The Morgan fingerprint density at radius 2 is 1.88 bits per heavy atom. The Labute approximate surface area is 159 Å². The first-order valence-corrected chi connectivity index (χ1v) is 10.7. The number of thioether (sulfide) groups is 1. The zero-order valence-corrected chi connectivity index (χ0v) is 15.9. The average Bonchev–Trinajstić information content (AvgIpc) is 3.32. The van der Waals surface area contributed by atoms with Crippen molar-refractivity contribution in [3.05, 3.63) is 80.2 Å². The van der Waals surface area contributed by atoms with Crippen LogP contribution in [0.2, 0.25) is 0 Å². The number of nitrogens with one attached hydrogen (secondary N) is 1. The molecular weight excluding hydrogens is 370 g/mol. The third-order valence-electron chi connectivity index (χ3n) is 3.47. The fourth-order valence-corrected chi connectivity index (χ4v) is 4.57. The molecule has 6 heteroatoms. The standard InChI is InChI=1S/C19H17NO2S3/c21-18(13-24-11-14-4-2-1-3-5-14)20-10-16-6-7-17(25-16)19(22)15-8-9-23-12-15/h1-9,12H,10-11,13H2,(H,20,21). The summed E-state index contributed by atoms with van der Waals surface area (Å²) in [6.45, 7) is 0.465. The second kappa shape index (κ2) is 8.99. The summed E-state index contributed by atoms with van der Waals surface area (Å²) in [4.78, 5) is 25.9. The number of hydrogen-bond donors (Lipinski definition) is 1. The molecule has 25 heavy (non-hydrogen) atoms. The van der Waals surface area contributed by atoms with Gasteiger partial charge in [0.1, 0.15) is 0 Å². The topological polar surface area (TPSA) is 46.2 Å². The van der Waals surface area contributed by atoms with E-state index in [0.717, 1.165) is 16.2 Å². The van der Waals surface area contributed by atoms with Gasteiger partial charge in [0.15, 0.2) is 0 Å². The average molecular weight is 388 g/mol. The van der Waals surface area contributed by atoms with Gasteiger partial charge in [0.25, 0.3) is 0 Å². The number of carbonyl (C=O) groups is 2. The Kier molecular flexibility index (Phi) is 6.44. The Hall–Kier alpha value is -1.89. The van der Waals surface area contributed by atoms with Crippen molar-refractivity contribution in [3.63, 3.8) is 0 Å². The predicted octanol–water partition coefficient (Wildman–Crippen LogP) is 4.59. The van der Waals surface area contributed by atoms with Crippen LogP contribution >= 0.6 is 34.4 Å². The molecule has 0 saturated heterocycles. The van der Waals surface area contributed by atoms with Crippen LogP contribution in [0.1, 0.15) is 25.7 Å². The first-order valence-electron chi connectivity index (χ1n) is 7.76. The van der Waals surface area contributed by atoms with Crippen LogP contribution < -0.4 is 5.32 Å². The Morgan fingerprint density at radius 1 is 1.04 bits per heavy atom. The fraction of sp³-hybridized carbons (Fsp3) is 0.158. The number of carbonyl (C=O) groups excluding carboxylic acids is 2. The van der Waals surface area contributed by atoms with Gasteiger partial charge < -0.3 is 5.32 Å². The van der Waals surface area contributed by atoms with Gasteiger partial charge >= 0.3 is 0 Å². The Morgan fingerprint density at radius 3 is 2.64 bits per heavy atom. The van der Waals surface area contributed by atoms with Gasteiger partial charge in [-0.1, -0.05) is 30.3 Å². The summed E-state index contributed by atoms with van der Waals surface area (Å²) in [6.07, 6.45) is 0. The molecule has 3 rings (SSSR count). The highest BCUT2D eigenvalue weighted by molar-refractivity contribution is 7.99. The second-order valence-electron chi connectivity index (χ2n) is 5.36. The van der Waals surface area contributed by atoms with Crippen LogP contribution in [0.3, 0.4) is 0 Å². The Balaban J connectivity index is 1.42. The predicted molar refractivity (Wildman–Crippen MR) is 107 cm³/mol. The highest BCUT2D eigenvalue weighted by Crippen LogP contribution is 2.21. The zero-order valence-electron chi connectivity index (χ0n) is 13.4. The van der Waals surface area contributed by atoms with E-state index in [0.29, 0.717) is 17.2 Å². The number of hydrogen-bond acceptors (Lipinski definition) is 5. The van der Waals surface area contributed by atoms with Crippen molar-refractivity contribution in [3.8, 4) is 0 Å². The molecule has 2 heterocycles. The van der Waals surface area contributed by atoms with E-state index in [2.05, 4.69) is 17.4 Å². The minimum atomic E-state index is 0.0139. The van der Waals surface area contributed by atoms with Gasteiger partial charge in [0.05, 0.1) is 17.2 Å². The monoisotopic (exact) mass is 387 g/mol. The first kappa shape index (κ1) is 17.9. The van der Waals surface area contributed by atoms with Crippen LogP contribution in [0.25, 0.3) is 0 Å². The van der Waals surface area contributed by atoms with Gasteiger partial charge in [-0.2, -0.15) is 11.3 Å².